The Kier molecular flexibility index (Phi) is 2.85. The second-order valence-electron chi connectivity index (χ2n) is 5.26. The van der Waals surface area contributed by atoms with Crippen molar-refractivity contribution in [1.29, 1.82) is 0 Å². The number of aromatic nitrogens is 2. The Morgan fingerprint density at radius 1 is 1.20 bits per heavy atom. The Morgan fingerprint density at radius 3 is 2.90 bits per heavy atom. The van der Waals surface area contributed by atoms with E-state index in [1.807, 2.05) is 24.4 Å². The largest absolute Gasteiger partial charge is 0.486 e. The van der Waals surface area contributed by atoms with E-state index < -0.39 is 0 Å². The van der Waals surface area contributed by atoms with E-state index in [2.05, 4.69) is 15.3 Å². The summed E-state index contributed by atoms with van der Waals surface area (Å²) >= 11 is 0. The molecule has 0 unspecified atom stereocenters. The summed E-state index contributed by atoms with van der Waals surface area (Å²) in [5.74, 6) is 2.60. The summed E-state index contributed by atoms with van der Waals surface area (Å²) in [6, 6.07) is 6.67. The third-order valence-corrected chi connectivity index (χ3v) is 3.62. The lowest BCUT2D eigenvalue weighted by Gasteiger charge is -2.18. The van der Waals surface area contributed by atoms with Crippen LogP contribution in [0.5, 0.6) is 11.5 Å². The van der Waals surface area contributed by atoms with E-state index in [0.717, 1.165) is 35.1 Å². The Morgan fingerprint density at radius 2 is 2.05 bits per heavy atom. The summed E-state index contributed by atoms with van der Waals surface area (Å²) < 4.78 is 11.1. The standard InChI is InChI=1S/C15H17N3O2/c1-4-13-14(20-6-5-19-13)7-10(1)12-8-17-15(18-12)9-16-11-2-3-11/h1,4,7-8,11,16H,2-3,5-6,9H2,(H,17,18). The predicted octanol–water partition coefficient (Wildman–Crippen LogP) is 2.10. The number of H-pyrrole nitrogens is 1. The van der Waals surface area contributed by atoms with Crippen LogP contribution in [-0.4, -0.2) is 29.2 Å². The maximum atomic E-state index is 5.61. The first-order chi connectivity index (χ1) is 9.88. The minimum Gasteiger partial charge on any atom is -0.486 e. The first-order valence-electron chi connectivity index (χ1n) is 7.06. The van der Waals surface area contributed by atoms with Crippen molar-refractivity contribution in [2.24, 2.45) is 0 Å². The molecule has 2 heterocycles. The second kappa shape index (κ2) is 4.83. The van der Waals surface area contributed by atoms with Gasteiger partial charge in [-0.25, -0.2) is 4.98 Å². The molecule has 104 valence electrons. The molecule has 2 aliphatic rings. The molecule has 1 aliphatic heterocycles. The van der Waals surface area contributed by atoms with Gasteiger partial charge in [0.05, 0.1) is 18.4 Å². The summed E-state index contributed by atoms with van der Waals surface area (Å²) in [4.78, 5) is 7.76. The highest BCUT2D eigenvalue weighted by atomic mass is 16.6. The highest BCUT2D eigenvalue weighted by Crippen LogP contribution is 2.33. The molecule has 2 N–H and O–H groups in total. The molecule has 0 spiro atoms. The van der Waals surface area contributed by atoms with Gasteiger partial charge in [0.25, 0.3) is 0 Å². The smallest absolute Gasteiger partial charge is 0.162 e. The minimum atomic E-state index is 0.607. The van der Waals surface area contributed by atoms with Gasteiger partial charge in [0.15, 0.2) is 11.5 Å². The number of aromatic amines is 1. The van der Waals surface area contributed by atoms with Gasteiger partial charge in [0.2, 0.25) is 0 Å². The van der Waals surface area contributed by atoms with Crippen LogP contribution in [0.25, 0.3) is 11.3 Å². The lowest BCUT2D eigenvalue weighted by atomic mass is 10.1. The van der Waals surface area contributed by atoms with Crippen LogP contribution in [0.2, 0.25) is 0 Å². The fourth-order valence-corrected chi connectivity index (χ4v) is 2.34. The first kappa shape index (κ1) is 11.8. The van der Waals surface area contributed by atoms with E-state index in [-0.39, 0.29) is 0 Å². The highest BCUT2D eigenvalue weighted by molar-refractivity contribution is 5.63. The number of imidazole rings is 1. The average Bonchev–Trinajstić information content (AvgIpc) is 3.21. The van der Waals surface area contributed by atoms with Crippen molar-refractivity contribution in [2.45, 2.75) is 25.4 Å². The Balaban J connectivity index is 1.53. The summed E-state index contributed by atoms with van der Waals surface area (Å²) in [6.07, 6.45) is 4.45. The maximum absolute atomic E-state index is 5.61. The van der Waals surface area contributed by atoms with Gasteiger partial charge in [-0.3, -0.25) is 0 Å². The monoisotopic (exact) mass is 271 g/mol. The zero-order chi connectivity index (χ0) is 13.4. The van der Waals surface area contributed by atoms with Crippen LogP contribution in [0, 0.1) is 0 Å². The Hall–Kier alpha value is -2.01. The molecular formula is C15H17N3O2. The number of ether oxygens (including phenoxy) is 2. The molecule has 5 heteroatoms. The van der Waals surface area contributed by atoms with Gasteiger partial charge in [-0.15, -0.1) is 0 Å². The zero-order valence-corrected chi connectivity index (χ0v) is 11.2. The molecule has 1 aromatic carbocycles. The van der Waals surface area contributed by atoms with E-state index in [1.54, 1.807) is 0 Å². The van der Waals surface area contributed by atoms with Gasteiger partial charge in [0, 0.05) is 11.6 Å². The SMILES string of the molecule is c1cc2c(cc1-c1cnc(CNC3CC3)[nH]1)OCCO2. The molecule has 0 bridgehead atoms. The van der Waals surface area contributed by atoms with E-state index in [9.17, 15) is 0 Å². The molecule has 1 fully saturated rings. The van der Waals surface area contributed by atoms with E-state index in [0.29, 0.717) is 19.3 Å². The number of hydrogen-bond donors (Lipinski definition) is 2. The fraction of sp³-hybridized carbons (Fsp3) is 0.400. The van der Waals surface area contributed by atoms with Gasteiger partial charge >= 0.3 is 0 Å². The summed E-state index contributed by atoms with van der Waals surface area (Å²) in [5.41, 5.74) is 2.08. The van der Waals surface area contributed by atoms with Crippen molar-refractivity contribution in [2.75, 3.05) is 13.2 Å². The third kappa shape index (κ3) is 2.36. The summed E-state index contributed by atoms with van der Waals surface area (Å²) in [7, 11) is 0. The molecule has 20 heavy (non-hydrogen) atoms. The van der Waals surface area contributed by atoms with Gasteiger partial charge < -0.3 is 19.8 Å². The Bertz CT molecular complexity index is 619. The molecule has 1 saturated carbocycles. The molecule has 0 amide bonds. The molecule has 0 saturated heterocycles. The van der Waals surface area contributed by atoms with Crippen molar-refractivity contribution in [1.82, 2.24) is 15.3 Å². The van der Waals surface area contributed by atoms with E-state index in [4.69, 9.17) is 9.47 Å². The van der Waals surface area contributed by atoms with Crippen molar-refractivity contribution in [3.8, 4) is 22.8 Å². The van der Waals surface area contributed by atoms with Crippen LogP contribution in [0.4, 0.5) is 0 Å². The van der Waals surface area contributed by atoms with Crippen LogP contribution in [0.1, 0.15) is 18.7 Å². The van der Waals surface area contributed by atoms with Gasteiger partial charge in [-0.1, -0.05) is 0 Å². The quantitative estimate of drug-likeness (QED) is 0.894. The molecular weight excluding hydrogens is 254 g/mol. The molecule has 5 nitrogen and oxygen atoms in total. The van der Waals surface area contributed by atoms with E-state index >= 15 is 0 Å². The van der Waals surface area contributed by atoms with Gasteiger partial charge in [-0.05, 0) is 31.0 Å². The van der Waals surface area contributed by atoms with Crippen molar-refractivity contribution >= 4 is 0 Å². The molecule has 0 radical (unpaired) electrons. The highest BCUT2D eigenvalue weighted by Gasteiger charge is 2.20. The van der Waals surface area contributed by atoms with Gasteiger partial charge in [-0.2, -0.15) is 0 Å². The number of benzene rings is 1. The molecule has 1 aromatic heterocycles. The van der Waals surface area contributed by atoms with Crippen LogP contribution in [-0.2, 0) is 6.54 Å². The van der Waals surface area contributed by atoms with E-state index in [1.165, 1.54) is 12.8 Å². The number of fused-ring (bicyclic) bond motifs is 1. The van der Waals surface area contributed by atoms with Crippen molar-refractivity contribution in [3.05, 3.63) is 30.2 Å². The molecule has 0 atom stereocenters. The molecule has 4 rings (SSSR count). The predicted molar refractivity (Wildman–Crippen MR) is 74.9 cm³/mol. The average molecular weight is 271 g/mol. The van der Waals surface area contributed by atoms with Crippen LogP contribution in [0.15, 0.2) is 24.4 Å². The number of nitrogens with one attached hydrogen (secondary N) is 2. The van der Waals surface area contributed by atoms with Crippen LogP contribution >= 0.6 is 0 Å². The lowest BCUT2D eigenvalue weighted by molar-refractivity contribution is 0.171. The second-order valence-corrected chi connectivity index (χ2v) is 5.26. The van der Waals surface area contributed by atoms with Gasteiger partial charge in [0.1, 0.15) is 19.0 Å². The molecule has 2 aromatic rings. The normalized spacial score (nSPS) is 17.2. The fourth-order valence-electron chi connectivity index (χ4n) is 2.34. The summed E-state index contributed by atoms with van der Waals surface area (Å²) in [5, 5.41) is 3.45. The Labute approximate surface area is 117 Å². The topological polar surface area (TPSA) is 59.2 Å². The number of rotatable bonds is 4. The van der Waals surface area contributed by atoms with Crippen molar-refractivity contribution < 1.29 is 9.47 Å². The molecule has 1 aliphatic carbocycles. The first-order valence-corrected chi connectivity index (χ1v) is 7.06. The zero-order valence-electron chi connectivity index (χ0n) is 11.2. The van der Waals surface area contributed by atoms with Crippen LogP contribution in [0.3, 0.4) is 0 Å². The third-order valence-electron chi connectivity index (χ3n) is 3.62. The number of hydrogen-bond acceptors (Lipinski definition) is 4. The van der Waals surface area contributed by atoms with Crippen molar-refractivity contribution in [3.63, 3.8) is 0 Å². The lowest BCUT2D eigenvalue weighted by Crippen LogP contribution is -2.16. The summed E-state index contributed by atoms with van der Waals surface area (Å²) in [6.45, 7) is 2.03. The number of nitrogens with zero attached hydrogens (tertiary/aromatic N) is 1. The minimum absolute atomic E-state index is 0.607. The van der Waals surface area contributed by atoms with Crippen LogP contribution < -0.4 is 14.8 Å². The maximum Gasteiger partial charge on any atom is 0.162 e.